The fraction of sp³-hybridized carbons (Fsp3) is 0. The molecule has 0 unspecified atom stereocenters. The molecule has 0 atom stereocenters. The van der Waals surface area contributed by atoms with E-state index in [0.29, 0.717) is 17.0 Å². The van der Waals surface area contributed by atoms with Crippen molar-refractivity contribution in [1.82, 2.24) is 19.7 Å². The van der Waals surface area contributed by atoms with Crippen molar-refractivity contribution >= 4 is 27.8 Å². The summed E-state index contributed by atoms with van der Waals surface area (Å²) in [5, 5.41) is 4.16. The number of anilines is 1. The van der Waals surface area contributed by atoms with Crippen LogP contribution in [0.2, 0.25) is 0 Å². The third kappa shape index (κ3) is 2.68. The Balaban J connectivity index is 1.98. The third-order valence-electron chi connectivity index (χ3n) is 2.84. The van der Waals surface area contributed by atoms with E-state index >= 15 is 0 Å². The Bertz CT molecular complexity index is 783. The maximum Gasteiger partial charge on any atom is 0.281 e. The van der Waals surface area contributed by atoms with Gasteiger partial charge in [0.15, 0.2) is 5.82 Å². The van der Waals surface area contributed by atoms with Crippen LogP contribution in [0.4, 0.5) is 5.95 Å². The lowest BCUT2D eigenvalue weighted by Crippen LogP contribution is -2.16. The summed E-state index contributed by atoms with van der Waals surface area (Å²) in [6.45, 7) is 0. The molecule has 0 bridgehead atoms. The van der Waals surface area contributed by atoms with Crippen LogP contribution in [0.3, 0.4) is 0 Å². The molecule has 3 rings (SSSR count). The zero-order chi connectivity index (χ0) is 14.8. The molecule has 0 aliphatic rings. The van der Waals surface area contributed by atoms with Gasteiger partial charge in [-0.25, -0.2) is 0 Å². The monoisotopic (exact) mass is 343 g/mol. The Morgan fingerprint density at radius 2 is 1.95 bits per heavy atom. The number of carbonyl (C=O) groups excluding carboxylic acids is 1. The van der Waals surface area contributed by atoms with Crippen molar-refractivity contribution in [2.75, 3.05) is 5.73 Å². The van der Waals surface area contributed by atoms with E-state index in [1.165, 1.54) is 0 Å². The lowest BCUT2D eigenvalue weighted by atomic mass is 10.2. The van der Waals surface area contributed by atoms with Gasteiger partial charge in [0.05, 0.1) is 0 Å². The van der Waals surface area contributed by atoms with Crippen molar-refractivity contribution in [3.05, 3.63) is 58.8 Å². The second-order valence-electron chi connectivity index (χ2n) is 4.26. The van der Waals surface area contributed by atoms with Crippen molar-refractivity contribution in [3.8, 4) is 11.4 Å². The summed E-state index contributed by atoms with van der Waals surface area (Å²) in [5.74, 6) is 0.0791. The molecule has 21 heavy (non-hydrogen) atoms. The third-order valence-corrected chi connectivity index (χ3v) is 3.36. The average Bonchev–Trinajstić information content (AvgIpc) is 2.90. The lowest BCUT2D eigenvalue weighted by molar-refractivity contribution is 0.0948. The molecule has 0 saturated heterocycles. The van der Waals surface area contributed by atoms with Crippen LogP contribution in [-0.4, -0.2) is 25.7 Å². The predicted molar refractivity (Wildman–Crippen MR) is 81.5 cm³/mol. The first-order valence-electron chi connectivity index (χ1n) is 6.08. The molecule has 0 amide bonds. The molecule has 0 spiro atoms. The van der Waals surface area contributed by atoms with Gasteiger partial charge in [0.2, 0.25) is 5.95 Å². The smallest absolute Gasteiger partial charge is 0.281 e. The Hall–Kier alpha value is -2.54. The van der Waals surface area contributed by atoms with Crippen molar-refractivity contribution in [3.63, 3.8) is 0 Å². The van der Waals surface area contributed by atoms with Gasteiger partial charge in [-0.2, -0.15) is 9.67 Å². The molecule has 3 aromatic rings. The standard InChI is InChI=1S/C14H10BrN5O/c15-11-5-3-9(4-6-11)13(21)20-14(16)18-12(19-20)10-2-1-7-17-8-10/h1-8H,(H2,16,18,19). The summed E-state index contributed by atoms with van der Waals surface area (Å²) >= 11 is 3.32. The quantitative estimate of drug-likeness (QED) is 0.771. The number of carbonyl (C=O) groups is 1. The van der Waals surface area contributed by atoms with E-state index in [9.17, 15) is 4.79 Å². The number of nitrogen functional groups attached to an aromatic ring is 1. The normalized spacial score (nSPS) is 10.5. The van der Waals surface area contributed by atoms with E-state index in [-0.39, 0.29) is 11.9 Å². The van der Waals surface area contributed by atoms with E-state index in [0.717, 1.165) is 9.15 Å². The minimum Gasteiger partial charge on any atom is -0.368 e. The van der Waals surface area contributed by atoms with Gasteiger partial charge in [-0.05, 0) is 36.4 Å². The highest BCUT2D eigenvalue weighted by Gasteiger charge is 2.16. The molecule has 0 saturated carbocycles. The molecule has 2 N–H and O–H groups in total. The maximum atomic E-state index is 12.4. The molecular weight excluding hydrogens is 334 g/mol. The number of aromatic nitrogens is 4. The first-order valence-corrected chi connectivity index (χ1v) is 6.87. The number of hydrogen-bond acceptors (Lipinski definition) is 5. The minimum atomic E-state index is -0.331. The van der Waals surface area contributed by atoms with Gasteiger partial charge in [-0.3, -0.25) is 9.78 Å². The van der Waals surface area contributed by atoms with Gasteiger partial charge in [0, 0.05) is 28.0 Å². The van der Waals surface area contributed by atoms with Crippen LogP contribution in [0, 0.1) is 0 Å². The van der Waals surface area contributed by atoms with Gasteiger partial charge in [-0.1, -0.05) is 15.9 Å². The highest BCUT2D eigenvalue weighted by molar-refractivity contribution is 9.10. The van der Waals surface area contributed by atoms with Crippen LogP contribution < -0.4 is 5.73 Å². The number of halogens is 1. The summed E-state index contributed by atoms with van der Waals surface area (Å²) in [5.41, 5.74) is 6.97. The highest BCUT2D eigenvalue weighted by atomic mass is 79.9. The number of benzene rings is 1. The van der Waals surface area contributed by atoms with Crippen LogP contribution >= 0.6 is 15.9 Å². The molecule has 0 radical (unpaired) electrons. The number of pyridine rings is 1. The summed E-state index contributed by atoms with van der Waals surface area (Å²) in [6.07, 6.45) is 3.26. The number of hydrogen-bond donors (Lipinski definition) is 1. The fourth-order valence-electron chi connectivity index (χ4n) is 1.81. The molecule has 104 valence electrons. The van der Waals surface area contributed by atoms with Crippen molar-refractivity contribution in [2.24, 2.45) is 0 Å². The predicted octanol–water partition coefficient (Wildman–Crippen LogP) is 2.37. The van der Waals surface area contributed by atoms with E-state index in [1.807, 2.05) is 0 Å². The summed E-state index contributed by atoms with van der Waals surface area (Å²) in [7, 11) is 0. The molecule has 1 aromatic carbocycles. The topological polar surface area (TPSA) is 86.7 Å². The van der Waals surface area contributed by atoms with Crippen molar-refractivity contribution in [2.45, 2.75) is 0 Å². The number of nitrogens with zero attached hydrogens (tertiary/aromatic N) is 4. The Kier molecular flexibility index (Phi) is 3.49. The SMILES string of the molecule is Nc1nc(-c2cccnc2)nn1C(=O)c1ccc(Br)cc1. The number of nitrogens with two attached hydrogens (primary N) is 1. The fourth-order valence-corrected chi connectivity index (χ4v) is 2.07. The van der Waals surface area contributed by atoms with Gasteiger partial charge < -0.3 is 5.73 Å². The first kappa shape index (κ1) is 13.4. The van der Waals surface area contributed by atoms with Crippen LogP contribution in [0.25, 0.3) is 11.4 Å². The Labute approximate surface area is 128 Å². The van der Waals surface area contributed by atoms with Gasteiger partial charge in [0.1, 0.15) is 0 Å². The first-order chi connectivity index (χ1) is 10.1. The zero-order valence-corrected chi connectivity index (χ0v) is 12.4. The lowest BCUT2D eigenvalue weighted by Gasteiger charge is -2.01. The minimum absolute atomic E-state index is 0.0433. The molecule has 2 heterocycles. The molecule has 0 aliphatic carbocycles. The Morgan fingerprint density at radius 3 is 2.62 bits per heavy atom. The second-order valence-corrected chi connectivity index (χ2v) is 5.17. The van der Waals surface area contributed by atoms with E-state index in [2.05, 4.69) is 31.0 Å². The molecule has 7 heteroatoms. The molecule has 0 aliphatic heterocycles. The molecule has 0 fully saturated rings. The van der Waals surface area contributed by atoms with Crippen molar-refractivity contribution in [1.29, 1.82) is 0 Å². The van der Waals surface area contributed by atoms with Crippen LogP contribution in [0.15, 0.2) is 53.3 Å². The molecular formula is C14H10BrN5O. The second kappa shape index (κ2) is 5.45. The highest BCUT2D eigenvalue weighted by Crippen LogP contribution is 2.17. The largest absolute Gasteiger partial charge is 0.368 e. The number of rotatable bonds is 2. The maximum absolute atomic E-state index is 12.4. The Morgan fingerprint density at radius 1 is 1.19 bits per heavy atom. The summed E-state index contributed by atoms with van der Waals surface area (Å²) < 4.78 is 1.98. The van der Waals surface area contributed by atoms with Crippen LogP contribution in [0.1, 0.15) is 10.4 Å². The van der Waals surface area contributed by atoms with Gasteiger partial charge >= 0.3 is 0 Å². The summed E-state index contributed by atoms with van der Waals surface area (Å²) in [6, 6.07) is 10.5. The molecule has 2 aromatic heterocycles. The van der Waals surface area contributed by atoms with E-state index < -0.39 is 0 Å². The summed E-state index contributed by atoms with van der Waals surface area (Å²) in [4.78, 5) is 20.5. The average molecular weight is 344 g/mol. The van der Waals surface area contributed by atoms with E-state index in [1.54, 1.807) is 48.8 Å². The van der Waals surface area contributed by atoms with E-state index in [4.69, 9.17) is 5.73 Å². The van der Waals surface area contributed by atoms with Crippen LogP contribution in [-0.2, 0) is 0 Å². The van der Waals surface area contributed by atoms with Gasteiger partial charge in [-0.15, -0.1) is 5.10 Å². The van der Waals surface area contributed by atoms with Gasteiger partial charge in [0.25, 0.3) is 5.91 Å². The zero-order valence-electron chi connectivity index (χ0n) is 10.8. The molecule has 6 nitrogen and oxygen atoms in total. The van der Waals surface area contributed by atoms with Crippen molar-refractivity contribution < 1.29 is 4.79 Å². The van der Waals surface area contributed by atoms with Crippen LogP contribution in [0.5, 0.6) is 0 Å².